The molecule has 2 heterocycles. The van der Waals surface area contributed by atoms with E-state index in [1.165, 1.54) is 11.3 Å². The summed E-state index contributed by atoms with van der Waals surface area (Å²) in [4.78, 5) is 16.5. The summed E-state index contributed by atoms with van der Waals surface area (Å²) >= 11 is 1.45. The number of aromatic nitrogens is 2. The molecular formula is C13H18N2O3S. The van der Waals surface area contributed by atoms with Crippen LogP contribution >= 0.6 is 11.3 Å². The normalized spacial score (nSPS) is 11.3. The molecule has 0 spiro atoms. The van der Waals surface area contributed by atoms with E-state index in [1.54, 1.807) is 18.0 Å². The lowest BCUT2D eigenvalue weighted by molar-refractivity contribution is 0.0972. The molecule has 0 fully saturated rings. The van der Waals surface area contributed by atoms with Crippen LogP contribution in [0.25, 0.3) is 10.2 Å². The van der Waals surface area contributed by atoms with Crippen molar-refractivity contribution in [1.82, 2.24) is 9.55 Å². The van der Waals surface area contributed by atoms with Crippen molar-refractivity contribution in [3.05, 3.63) is 27.6 Å². The Morgan fingerprint density at radius 3 is 3.00 bits per heavy atom. The Morgan fingerprint density at radius 1 is 1.37 bits per heavy atom. The topological polar surface area (TPSA) is 53.4 Å². The first-order valence-corrected chi connectivity index (χ1v) is 7.12. The first-order chi connectivity index (χ1) is 9.24. The highest BCUT2D eigenvalue weighted by Gasteiger charge is 2.07. The second-order valence-corrected chi connectivity index (χ2v) is 5.18. The van der Waals surface area contributed by atoms with Gasteiger partial charge in [-0.3, -0.25) is 9.36 Å². The van der Waals surface area contributed by atoms with Crippen LogP contribution in [0.5, 0.6) is 0 Å². The van der Waals surface area contributed by atoms with Crippen molar-refractivity contribution in [3.63, 3.8) is 0 Å². The van der Waals surface area contributed by atoms with Crippen molar-refractivity contribution in [2.24, 2.45) is 0 Å². The van der Waals surface area contributed by atoms with Crippen LogP contribution < -0.4 is 5.56 Å². The summed E-state index contributed by atoms with van der Waals surface area (Å²) < 4.78 is 12.7. The number of hydrogen-bond donors (Lipinski definition) is 0. The molecular weight excluding hydrogens is 264 g/mol. The van der Waals surface area contributed by atoms with E-state index in [4.69, 9.17) is 9.47 Å². The number of hydrogen-bond acceptors (Lipinski definition) is 5. The van der Waals surface area contributed by atoms with Crippen LogP contribution in [0.4, 0.5) is 0 Å². The van der Waals surface area contributed by atoms with Crippen molar-refractivity contribution in [2.75, 3.05) is 26.9 Å². The standard InChI is InChI=1S/C13H18N2O3S/c1-10-8-19-12-11(10)14-9-15(13(12)16)4-7-18-6-3-5-17-2/h8-9H,3-7H2,1-2H3. The fourth-order valence-electron chi connectivity index (χ4n) is 1.79. The molecule has 0 N–H and O–H groups in total. The Morgan fingerprint density at radius 2 is 2.21 bits per heavy atom. The first kappa shape index (κ1) is 14.2. The molecule has 2 aromatic heterocycles. The smallest absolute Gasteiger partial charge is 0.271 e. The number of ether oxygens (including phenoxy) is 2. The van der Waals surface area contributed by atoms with Gasteiger partial charge in [0.15, 0.2) is 0 Å². The molecule has 0 aliphatic carbocycles. The Hall–Kier alpha value is -1.24. The van der Waals surface area contributed by atoms with Crippen molar-refractivity contribution < 1.29 is 9.47 Å². The predicted molar refractivity (Wildman–Crippen MR) is 75.9 cm³/mol. The van der Waals surface area contributed by atoms with Crippen LogP contribution in [0.3, 0.4) is 0 Å². The quantitative estimate of drug-likeness (QED) is 0.727. The van der Waals surface area contributed by atoms with Crippen LogP contribution in [0.15, 0.2) is 16.5 Å². The van der Waals surface area contributed by atoms with Gasteiger partial charge in [0.2, 0.25) is 0 Å². The van der Waals surface area contributed by atoms with E-state index in [-0.39, 0.29) is 5.56 Å². The van der Waals surface area contributed by atoms with Gasteiger partial charge in [-0.1, -0.05) is 0 Å². The van der Waals surface area contributed by atoms with Gasteiger partial charge in [-0.15, -0.1) is 11.3 Å². The SMILES string of the molecule is COCCCOCCn1cnc2c(C)csc2c1=O. The monoisotopic (exact) mass is 282 g/mol. The largest absolute Gasteiger partial charge is 0.385 e. The Bertz CT molecular complexity index is 591. The highest BCUT2D eigenvalue weighted by molar-refractivity contribution is 7.17. The molecule has 0 unspecified atom stereocenters. The molecule has 0 aliphatic rings. The minimum atomic E-state index is 0.0172. The Balaban J connectivity index is 1.94. The molecule has 0 atom stereocenters. The molecule has 0 aromatic carbocycles. The summed E-state index contributed by atoms with van der Waals surface area (Å²) in [6.07, 6.45) is 2.47. The van der Waals surface area contributed by atoms with E-state index in [0.29, 0.717) is 26.4 Å². The van der Waals surface area contributed by atoms with Gasteiger partial charge in [-0.25, -0.2) is 4.98 Å². The third-order valence-corrected chi connectivity index (χ3v) is 3.91. The highest BCUT2D eigenvalue weighted by Crippen LogP contribution is 2.19. The van der Waals surface area contributed by atoms with Crippen molar-refractivity contribution in [3.8, 4) is 0 Å². The van der Waals surface area contributed by atoms with E-state index >= 15 is 0 Å². The third kappa shape index (κ3) is 3.40. The van der Waals surface area contributed by atoms with Crippen LogP contribution in [-0.2, 0) is 16.0 Å². The number of fused-ring (bicyclic) bond motifs is 1. The summed E-state index contributed by atoms with van der Waals surface area (Å²) in [5.74, 6) is 0. The van der Waals surface area contributed by atoms with E-state index in [0.717, 1.165) is 22.2 Å². The number of aryl methyl sites for hydroxylation is 1. The Labute approximate surface area is 115 Å². The molecule has 0 saturated heterocycles. The molecule has 0 bridgehead atoms. The lowest BCUT2D eigenvalue weighted by atomic mass is 10.3. The number of rotatable bonds is 7. The van der Waals surface area contributed by atoms with Gasteiger partial charge in [0.1, 0.15) is 4.70 Å². The average molecular weight is 282 g/mol. The third-order valence-electron chi connectivity index (χ3n) is 2.84. The Kier molecular flexibility index (Phi) is 5.07. The zero-order valence-electron chi connectivity index (χ0n) is 11.2. The highest BCUT2D eigenvalue weighted by atomic mass is 32.1. The van der Waals surface area contributed by atoms with E-state index in [2.05, 4.69) is 4.98 Å². The van der Waals surface area contributed by atoms with Gasteiger partial charge in [0.05, 0.1) is 25.0 Å². The van der Waals surface area contributed by atoms with Gasteiger partial charge >= 0.3 is 0 Å². The maximum absolute atomic E-state index is 12.2. The van der Waals surface area contributed by atoms with Gasteiger partial charge in [0, 0.05) is 20.3 Å². The maximum atomic E-state index is 12.2. The molecule has 2 rings (SSSR count). The minimum absolute atomic E-state index is 0.0172. The number of thiophene rings is 1. The summed E-state index contributed by atoms with van der Waals surface area (Å²) in [5, 5.41) is 1.96. The molecule has 0 amide bonds. The second-order valence-electron chi connectivity index (χ2n) is 4.30. The van der Waals surface area contributed by atoms with Crippen LogP contribution in [0.2, 0.25) is 0 Å². The molecule has 104 valence electrons. The summed E-state index contributed by atoms with van der Waals surface area (Å²) in [6.45, 7) is 4.36. The second kappa shape index (κ2) is 6.79. The number of nitrogens with zero attached hydrogens (tertiary/aromatic N) is 2. The van der Waals surface area contributed by atoms with Crippen molar-refractivity contribution in [1.29, 1.82) is 0 Å². The van der Waals surface area contributed by atoms with Crippen molar-refractivity contribution >= 4 is 21.6 Å². The van der Waals surface area contributed by atoms with E-state index in [9.17, 15) is 4.79 Å². The molecule has 0 aliphatic heterocycles. The average Bonchev–Trinajstić information content (AvgIpc) is 2.78. The maximum Gasteiger partial charge on any atom is 0.271 e. The summed E-state index contributed by atoms with van der Waals surface area (Å²) in [7, 11) is 1.67. The first-order valence-electron chi connectivity index (χ1n) is 6.24. The summed E-state index contributed by atoms with van der Waals surface area (Å²) in [6, 6.07) is 0. The van der Waals surface area contributed by atoms with Crippen molar-refractivity contribution in [2.45, 2.75) is 19.9 Å². The van der Waals surface area contributed by atoms with Crippen LogP contribution in [-0.4, -0.2) is 36.5 Å². The predicted octanol–water partition coefficient (Wildman–Crippen LogP) is 1.82. The lowest BCUT2D eigenvalue weighted by Crippen LogP contribution is -2.22. The van der Waals surface area contributed by atoms with E-state index < -0.39 is 0 Å². The van der Waals surface area contributed by atoms with Crippen LogP contribution in [0, 0.1) is 6.92 Å². The number of methoxy groups -OCH3 is 1. The molecule has 19 heavy (non-hydrogen) atoms. The molecule has 0 radical (unpaired) electrons. The van der Waals surface area contributed by atoms with Gasteiger partial charge in [-0.05, 0) is 24.3 Å². The molecule has 2 aromatic rings. The molecule has 6 heteroatoms. The van der Waals surface area contributed by atoms with E-state index in [1.807, 2.05) is 12.3 Å². The lowest BCUT2D eigenvalue weighted by Gasteiger charge is -2.06. The van der Waals surface area contributed by atoms with Gasteiger partial charge < -0.3 is 9.47 Å². The zero-order chi connectivity index (χ0) is 13.7. The van der Waals surface area contributed by atoms with Gasteiger partial charge in [-0.2, -0.15) is 0 Å². The fourth-order valence-corrected chi connectivity index (χ4v) is 2.74. The van der Waals surface area contributed by atoms with Crippen LogP contribution in [0.1, 0.15) is 12.0 Å². The molecule has 5 nitrogen and oxygen atoms in total. The fraction of sp³-hybridized carbons (Fsp3) is 0.538. The minimum Gasteiger partial charge on any atom is -0.385 e. The molecule has 0 saturated carbocycles. The van der Waals surface area contributed by atoms with Gasteiger partial charge in [0.25, 0.3) is 5.56 Å². The summed E-state index contributed by atoms with van der Waals surface area (Å²) in [5.41, 5.74) is 1.89. The zero-order valence-corrected chi connectivity index (χ0v) is 12.0.